The van der Waals surface area contributed by atoms with Gasteiger partial charge < -0.3 is 14.7 Å². The van der Waals surface area contributed by atoms with Gasteiger partial charge in [0.2, 0.25) is 10.0 Å². The van der Waals surface area contributed by atoms with Crippen molar-refractivity contribution in [2.75, 3.05) is 33.2 Å². The summed E-state index contributed by atoms with van der Waals surface area (Å²) in [7, 11) is -0.608. The van der Waals surface area contributed by atoms with Crippen molar-refractivity contribution < 1.29 is 26.1 Å². The van der Waals surface area contributed by atoms with E-state index in [1.165, 1.54) is 36.9 Å². The first-order valence-corrected chi connectivity index (χ1v) is 10.6. The Hall–Kier alpha value is -2.61. The van der Waals surface area contributed by atoms with E-state index in [2.05, 4.69) is 25.1 Å². The van der Waals surface area contributed by atoms with Crippen LogP contribution in [0.2, 0.25) is 0 Å². The van der Waals surface area contributed by atoms with E-state index in [-0.39, 0.29) is 31.0 Å². The summed E-state index contributed by atoms with van der Waals surface area (Å²) in [5.74, 6) is 0.137. The van der Waals surface area contributed by atoms with E-state index in [0.29, 0.717) is 24.7 Å². The molecule has 3 heterocycles. The molecule has 0 aromatic carbocycles. The van der Waals surface area contributed by atoms with Crippen LogP contribution in [0.3, 0.4) is 0 Å². The van der Waals surface area contributed by atoms with Crippen LogP contribution in [-0.4, -0.2) is 71.7 Å². The molecule has 0 aliphatic carbocycles. The van der Waals surface area contributed by atoms with Crippen molar-refractivity contribution >= 4 is 16.0 Å². The van der Waals surface area contributed by atoms with Gasteiger partial charge in [-0.15, -0.1) is 0 Å². The minimum Gasteiger partial charge on any atom is -0.364 e. The second kappa shape index (κ2) is 8.63. The number of alkyl halides is 3. The van der Waals surface area contributed by atoms with Crippen molar-refractivity contribution in [1.82, 2.24) is 29.5 Å². The maximum atomic E-state index is 13.1. The molecular formula is C16H22F3N7O3S. The van der Waals surface area contributed by atoms with E-state index in [9.17, 15) is 21.6 Å². The topological polar surface area (TPSA) is 109 Å². The van der Waals surface area contributed by atoms with Crippen LogP contribution < -0.4 is 5.32 Å². The lowest BCUT2D eigenvalue weighted by Gasteiger charge is -2.35. The number of aromatic nitrogens is 3. The number of aryl methyl sites for hydroxylation is 1. The summed E-state index contributed by atoms with van der Waals surface area (Å²) >= 11 is 0. The van der Waals surface area contributed by atoms with Crippen LogP contribution in [0.25, 0.3) is 0 Å². The van der Waals surface area contributed by atoms with Crippen LogP contribution in [0.4, 0.5) is 13.2 Å². The molecule has 1 fully saturated rings. The Morgan fingerprint density at radius 3 is 2.57 bits per heavy atom. The SMILES string of the molecule is CN=C(NCc1cn(C)nc1C(F)(F)F)N1CCN(S(=O)(=O)Cc2ccon2)CC1. The summed E-state index contributed by atoms with van der Waals surface area (Å²) in [5, 5.41) is 10.0. The highest BCUT2D eigenvalue weighted by Gasteiger charge is 2.37. The van der Waals surface area contributed by atoms with Gasteiger partial charge in [-0.3, -0.25) is 9.67 Å². The second-order valence-corrected chi connectivity index (χ2v) is 8.68. The van der Waals surface area contributed by atoms with Gasteiger partial charge in [0.05, 0.1) is 5.69 Å². The van der Waals surface area contributed by atoms with Gasteiger partial charge in [-0.1, -0.05) is 5.16 Å². The van der Waals surface area contributed by atoms with E-state index in [4.69, 9.17) is 0 Å². The third-order valence-electron chi connectivity index (χ3n) is 4.57. The normalized spacial score (nSPS) is 16.8. The molecule has 0 spiro atoms. The smallest absolute Gasteiger partial charge is 0.364 e. The van der Waals surface area contributed by atoms with Crippen LogP contribution in [0.15, 0.2) is 28.0 Å². The van der Waals surface area contributed by atoms with E-state index >= 15 is 0 Å². The van der Waals surface area contributed by atoms with Gasteiger partial charge in [0.15, 0.2) is 11.7 Å². The molecule has 2 aromatic rings. The van der Waals surface area contributed by atoms with Gasteiger partial charge in [0, 0.05) is 64.6 Å². The minimum atomic E-state index is -4.55. The molecule has 2 aromatic heterocycles. The molecule has 10 nitrogen and oxygen atoms in total. The van der Waals surface area contributed by atoms with Gasteiger partial charge in [0.1, 0.15) is 12.0 Å². The lowest BCUT2D eigenvalue weighted by molar-refractivity contribution is -0.142. The Morgan fingerprint density at radius 2 is 2.00 bits per heavy atom. The zero-order valence-corrected chi connectivity index (χ0v) is 17.2. The van der Waals surface area contributed by atoms with Crippen molar-refractivity contribution in [1.29, 1.82) is 0 Å². The van der Waals surface area contributed by atoms with Crippen molar-refractivity contribution in [3.8, 4) is 0 Å². The van der Waals surface area contributed by atoms with E-state index in [0.717, 1.165) is 4.68 Å². The molecule has 0 radical (unpaired) electrons. The van der Waals surface area contributed by atoms with E-state index < -0.39 is 21.9 Å². The molecule has 0 saturated carbocycles. The van der Waals surface area contributed by atoms with Crippen molar-refractivity contribution in [2.45, 2.75) is 18.5 Å². The molecular weight excluding hydrogens is 427 g/mol. The summed E-state index contributed by atoms with van der Waals surface area (Å²) in [5.41, 5.74) is -0.622. The van der Waals surface area contributed by atoms with Crippen molar-refractivity contribution in [3.05, 3.63) is 35.5 Å². The lowest BCUT2D eigenvalue weighted by Crippen LogP contribution is -2.53. The fraction of sp³-hybridized carbons (Fsp3) is 0.562. The molecule has 14 heteroatoms. The van der Waals surface area contributed by atoms with Gasteiger partial charge in [-0.05, 0) is 0 Å². The Kier molecular flexibility index (Phi) is 6.36. The largest absolute Gasteiger partial charge is 0.435 e. The number of guanidine groups is 1. The van der Waals surface area contributed by atoms with Crippen LogP contribution in [0, 0.1) is 0 Å². The first-order chi connectivity index (χ1) is 14.1. The van der Waals surface area contributed by atoms with Gasteiger partial charge >= 0.3 is 6.18 Å². The number of halogens is 3. The number of hydrogen-bond donors (Lipinski definition) is 1. The third-order valence-corrected chi connectivity index (χ3v) is 6.39. The van der Waals surface area contributed by atoms with Crippen LogP contribution in [0.1, 0.15) is 17.0 Å². The highest BCUT2D eigenvalue weighted by atomic mass is 32.2. The first kappa shape index (κ1) is 22.1. The molecule has 3 rings (SSSR count). The zero-order valence-electron chi connectivity index (χ0n) is 16.4. The third kappa shape index (κ3) is 5.11. The molecule has 166 valence electrons. The predicted octanol–water partition coefficient (Wildman–Crippen LogP) is 0.650. The summed E-state index contributed by atoms with van der Waals surface area (Å²) < 4.78 is 71.4. The maximum absolute atomic E-state index is 13.1. The summed E-state index contributed by atoms with van der Waals surface area (Å²) in [6, 6.07) is 1.49. The summed E-state index contributed by atoms with van der Waals surface area (Å²) in [6.45, 7) is 1.02. The fourth-order valence-electron chi connectivity index (χ4n) is 3.18. The number of rotatable bonds is 5. The average molecular weight is 449 g/mol. The molecule has 30 heavy (non-hydrogen) atoms. The Balaban J connectivity index is 1.58. The molecule has 1 saturated heterocycles. The summed E-state index contributed by atoms with van der Waals surface area (Å²) in [6.07, 6.45) is -1.94. The van der Waals surface area contributed by atoms with E-state index in [1.54, 1.807) is 4.90 Å². The average Bonchev–Trinajstić information content (AvgIpc) is 3.31. The molecule has 0 amide bonds. The highest BCUT2D eigenvalue weighted by Crippen LogP contribution is 2.30. The van der Waals surface area contributed by atoms with Crippen LogP contribution in [0.5, 0.6) is 0 Å². The van der Waals surface area contributed by atoms with Gasteiger partial charge in [0.25, 0.3) is 0 Å². The lowest BCUT2D eigenvalue weighted by atomic mass is 10.2. The van der Waals surface area contributed by atoms with Crippen molar-refractivity contribution in [3.63, 3.8) is 0 Å². The first-order valence-electron chi connectivity index (χ1n) is 9.02. The number of sulfonamides is 1. The standard InChI is InChI=1S/C16H22F3N7O3S/c1-20-15(21-9-12-10-24(2)22-14(12)16(17,18)19)25-4-6-26(7-5-25)30(27,28)11-13-3-8-29-23-13/h3,8,10H,4-7,9,11H2,1-2H3,(H,20,21). The van der Waals surface area contributed by atoms with Gasteiger partial charge in [-0.2, -0.15) is 22.6 Å². The Bertz CT molecular complexity index is 978. The summed E-state index contributed by atoms with van der Waals surface area (Å²) in [4.78, 5) is 5.90. The quantitative estimate of drug-likeness (QED) is 0.527. The maximum Gasteiger partial charge on any atom is 0.435 e. The predicted molar refractivity (Wildman–Crippen MR) is 101 cm³/mol. The fourth-order valence-corrected chi connectivity index (χ4v) is 4.61. The molecule has 1 aliphatic heterocycles. The molecule has 1 N–H and O–H groups in total. The van der Waals surface area contributed by atoms with Crippen LogP contribution >= 0.6 is 0 Å². The molecule has 0 atom stereocenters. The Labute approximate surface area is 171 Å². The number of piperazine rings is 1. The minimum absolute atomic E-state index is 0.0000224. The van der Waals surface area contributed by atoms with E-state index in [1.807, 2.05) is 0 Å². The van der Waals surface area contributed by atoms with Crippen LogP contribution in [-0.2, 0) is 35.5 Å². The van der Waals surface area contributed by atoms with Crippen molar-refractivity contribution in [2.24, 2.45) is 12.0 Å². The zero-order chi connectivity index (χ0) is 21.9. The molecule has 1 aliphatic rings. The number of nitrogens with zero attached hydrogens (tertiary/aromatic N) is 6. The number of aliphatic imine (C=N–C) groups is 1. The molecule has 0 bridgehead atoms. The molecule has 0 unspecified atom stereocenters. The Morgan fingerprint density at radius 1 is 1.30 bits per heavy atom. The monoisotopic (exact) mass is 449 g/mol. The number of nitrogens with one attached hydrogen (secondary N) is 1. The highest BCUT2D eigenvalue weighted by molar-refractivity contribution is 7.88. The van der Waals surface area contributed by atoms with Gasteiger partial charge in [-0.25, -0.2) is 8.42 Å². The number of hydrogen-bond acceptors (Lipinski definition) is 6. The second-order valence-electron chi connectivity index (χ2n) is 6.71.